The lowest BCUT2D eigenvalue weighted by molar-refractivity contribution is -0.716. The number of esters is 1. The number of aryl methyl sites for hydroxylation is 1. The van der Waals surface area contributed by atoms with Crippen LogP contribution in [0.15, 0.2) is 64.8 Å². The molecule has 0 bridgehead atoms. The fourth-order valence-corrected chi connectivity index (χ4v) is 5.91. The maximum absolute atomic E-state index is 13.5. The zero-order valence-corrected chi connectivity index (χ0v) is 29.3. The van der Waals surface area contributed by atoms with Crippen LogP contribution in [0, 0.1) is 12.1 Å². The van der Waals surface area contributed by atoms with Crippen LogP contribution < -0.4 is 4.72 Å². The molecule has 1 N–H and O–H groups in total. The molecule has 4 rings (SSSR count). The highest BCUT2D eigenvalue weighted by Crippen LogP contribution is 2.33. The van der Waals surface area contributed by atoms with Crippen molar-refractivity contribution in [2.24, 2.45) is 5.28 Å². The van der Waals surface area contributed by atoms with Gasteiger partial charge in [-0.2, -0.15) is 18.3 Å². The van der Waals surface area contributed by atoms with Gasteiger partial charge in [0, 0.05) is 18.9 Å². The van der Waals surface area contributed by atoms with Crippen LogP contribution in [-0.4, -0.2) is 77.8 Å². The normalized spacial score (nSPS) is 15.7. The number of carbonyl (C=O) groups excluding carboxylic acids is 3. The van der Waals surface area contributed by atoms with Crippen LogP contribution in [0.1, 0.15) is 57.7 Å². The number of aromatic nitrogens is 2. The van der Waals surface area contributed by atoms with E-state index in [0.717, 1.165) is 28.4 Å². The summed E-state index contributed by atoms with van der Waals surface area (Å²) in [5.41, 5.74) is 0.471. The zero-order chi connectivity index (χ0) is 38.2. The Morgan fingerprint density at radius 1 is 1.06 bits per heavy atom. The zero-order valence-electron chi connectivity index (χ0n) is 28.5. The Kier molecular flexibility index (Phi) is 12.7. The molecule has 3 aromatic rings. The Hall–Kier alpha value is -5.40. The first-order valence-corrected chi connectivity index (χ1v) is 17.4. The van der Waals surface area contributed by atoms with Crippen LogP contribution in [-0.2, 0) is 44.8 Å². The molecule has 1 aliphatic rings. The maximum atomic E-state index is 13.5. The highest BCUT2D eigenvalue weighted by molar-refractivity contribution is 7.90. The molecule has 2 aromatic carbocycles. The van der Waals surface area contributed by atoms with Gasteiger partial charge in [-0.25, -0.2) is 22.6 Å². The average Bonchev–Trinajstić information content (AvgIpc) is 3.73. The van der Waals surface area contributed by atoms with Gasteiger partial charge < -0.3 is 19.4 Å². The third-order valence-corrected chi connectivity index (χ3v) is 8.79. The van der Waals surface area contributed by atoms with Gasteiger partial charge in [0.05, 0.1) is 40.3 Å². The molecule has 0 radical (unpaired) electrons. The van der Waals surface area contributed by atoms with Crippen LogP contribution in [0.25, 0.3) is 16.9 Å². The SMILES string of the molecule is Cc1ccc(-c2cc(C(F)(F)F)nn2-c2ccc(S(=O)(=O)NC(=O)CCC(=O)OC[C@@H]3CCCN3/[N+]([O-])=N/OC(C)OC(=O)OC(C)C)cc2)cc1. The molecule has 1 saturated heterocycles. The second-order valence-corrected chi connectivity index (χ2v) is 13.6. The third kappa shape index (κ3) is 10.8. The van der Waals surface area contributed by atoms with Gasteiger partial charge in [-0.1, -0.05) is 29.8 Å². The van der Waals surface area contributed by atoms with E-state index in [2.05, 4.69) is 10.4 Å². The summed E-state index contributed by atoms with van der Waals surface area (Å²) >= 11 is 0. The number of ether oxygens (including phenoxy) is 3. The predicted molar refractivity (Wildman–Crippen MR) is 173 cm³/mol. The molecule has 2 heterocycles. The Morgan fingerprint density at radius 3 is 2.37 bits per heavy atom. The minimum atomic E-state index is -4.73. The molecule has 2 atom stereocenters. The van der Waals surface area contributed by atoms with Crippen LogP contribution in [0.5, 0.6) is 0 Å². The van der Waals surface area contributed by atoms with Crippen molar-refractivity contribution < 1.29 is 60.0 Å². The van der Waals surface area contributed by atoms with Crippen molar-refractivity contribution >= 4 is 28.1 Å². The molecule has 1 amide bonds. The Morgan fingerprint density at radius 2 is 1.73 bits per heavy atom. The fourth-order valence-electron chi connectivity index (χ4n) is 4.90. The van der Waals surface area contributed by atoms with Crippen molar-refractivity contribution in [1.82, 2.24) is 19.5 Å². The first-order valence-electron chi connectivity index (χ1n) is 16.0. The molecule has 52 heavy (non-hydrogen) atoms. The molecule has 0 aliphatic carbocycles. The lowest BCUT2D eigenvalue weighted by atomic mass is 10.1. The van der Waals surface area contributed by atoms with Crippen molar-refractivity contribution in [2.75, 3.05) is 13.2 Å². The lowest BCUT2D eigenvalue weighted by Crippen LogP contribution is -2.39. The highest BCUT2D eigenvalue weighted by atomic mass is 32.2. The number of hydrogen-bond donors (Lipinski definition) is 1. The van der Waals surface area contributed by atoms with E-state index < -0.39 is 71.2 Å². The lowest BCUT2D eigenvalue weighted by Gasteiger charge is -2.20. The number of nitrogens with one attached hydrogen (secondary N) is 1. The number of carbonyl (C=O) groups is 3. The largest absolute Gasteiger partial charge is 0.569 e. The van der Waals surface area contributed by atoms with Gasteiger partial charge in [0.1, 0.15) is 12.6 Å². The molecule has 282 valence electrons. The molecule has 1 aliphatic heterocycles. The van der Waals surface area contributed by atoms with Crippen molar-refractivity contribution in [3.8, 4) is 16.9 Å². The van der Waals surface area contributed by atoms with Crippen LogP contribution in [0.2, 0.25) is 0 Å². The Balaban J connectivity index is 1.29. The van der Waals surface area contributed by atoms with E-state index in [4.69, 9.17) is 19.0 Å². The van der Waals surface area contributed by atoms with Gasteiger partial charge in [-0.15, -0.1) is 5.01 Å². The van der Waals surface area contributed by atoms with Gasteiger partial charge in [-0.3, -0.25) is 14.4 Å². The van der Waals surface area contributed by atoms with E-state index in [1.54, 1.807) is 38.1 Å². The number of hydrazine groups is 1. The molecular weight excluding hydrogens is 717 g/mol. The standard InChI is InChI=1S/C32H37F3N6O10S/c1-20(2)49-31(44)50-22(4)51-38-41(45)39-17-5-6-25(39)19-48-30(43)16-15-29(42)37-52(46,47)26-13-11-24(12-14-26)40-27(18-28(36-40)32(33,34)35)23-9-7-21(3)8-10-23/h7-14,18,20,22,25H,5-6,15-17,19H2,1-4H3,(H,37,42)/b41-38-/t22?,25-/m0/s1. The number of amides is 1. The Bertz CT molecular complexity index is 1870. The summed E-state index contributed by atoms with van der Waals surface area (Å²) in [6.07, 6.45) is -7.39. The Labute approximate surface area is 296 Å². The molecule has 1 unspecified atom stereocenters. The summed E-state index contributed by atoms with van der Waals surface area (Å²) in [7, 11) is -4.42. The van der Waals surface area contributed by atoms with E-state index >= 15 is 0 Å². The maximum Gasteiger partial charge on any atom is 0.511 e. The van der Waals surface area contributed by atoms with Crippen LogP contribution in [0.3, 0.4) is 0 Å². The van der Waals surface area contributed by atoms with Crippen molar-refractivity contribution in [1.29, 1.82) is 0 Å². The van der Waals surface area contributed by atoms with Crippen LogP contribution in [0.4, 0.5) is 18.0 Å². The first-order chi connectivity index (χ1) is 24.4. The minimum Gasteiger partial charge on any atom is -0.569 e. The molecule has 0 saturated carbocycles. The van der Waals surface area contributed by atoms with Gasteiger partial charge in [0.2, 0.25) is 11.2 Å². The van der Waals surface area contributed by atoms with Gasteiger partial charge in [0.25, 0.3) is 16.3 Å². The van der Waals surface area contributed by atoms with E-state index in [-0.39, 0.29) is 34.4 Å². The highest BCUT2D eigenvalue weighted by Gasteiger charge is 2.36. The summed E-state index contributed by atoms with van der Waals surface area (Å²) in [4.78, 5) is 41.0. The smallest absolute Gasteiger partial charge is 0.511 e. The van der Waals surface area contributed by atoms with E-state index in [0.29, 0.717) is 18.4 Å². The second-order valence-electron chi connectivity index (χ2n) is 11.9. The third-order valence-electron chi connectivity index (χ3n) is 7.41. The van der Waals surface area contributed by atoms with Gasteiger partial charge in [0.15, 0.2) is 5.69 Å². The minimum absolute atomic E-state index is 0.125. The molecule has 16 nitrogen and oxygen atoms in total. The molecule has 1 fully saturated rings. The molecule has 20 heteroatoms. The number of nitrogens with zero attached hydrogens (tertiary/aromatic N) is 5. The quantitative estimate of drug-likeness (QED) is 0.0747. The van der Waals surface area contributed by atoms with Gasteiger partial charge >= 0.3 is 18.3 Å². The van der Waals surface area contributed by atoms with Crippen LogP contribution >= 0.6 is 0 Å². The second kappa shape index (κ2) is 16.7. The van der Waals surface area contributed by atoms with E-state index in [9.17, 15) is 41.2 Å². The number of rotatable bonds is 14. The summed E-state index contributed by atoms with van der Waals surface area (Å²) in [5, 5.41) is 20.7. The van der Waals surface area contributed by atoms with E-state index in [1.165, 1.54) is 24.1 Å². The van der Waals surface area contributed by atoms with Crippen molar-refractivity contribution in [2.45, 2.75) is 82.9 Å². The summed E-state index contributed by atoms with van der Waals surface area (Å²) < 4.78 is 84.0. The molecule has 1 aromatic heterocycles. The predicted octanol–water partition coefficient (Wildman–Crippen LogP) is 5.18. The number of benzene rings is 2. The van der Waals surface area contributed by atoms with Crippen molar-refractivity contribution in [3.63, 3.8) is 0 Å². The summed E-state index contributed by atoms with van der Waals surface area (Å²) in [5.74, 6) is -1.84. The number of halogens is 3. The fraction of sp³-hybridized carbons (Fsp3) is 0.438. The monoisotopic (exact) mass is 754 g/mol. The van der Waals surface area contributed by atoms with Gasteiger partial charge in [-0.05, 0) is 63.9 Å². The topological polar surface area (TPSA) is 194 Å². The van der Waals surface area contributed by atoms with Crippen molar-refractivity contribution in [3.05, 3.63) is 71.1 Å². The number of sulfonamides is 1. The van der Waals surface area contributed by atoms with E-state index in [1.807, 2.05) is 11.6 Å². The average molecular weight is 755 g/mol. The summed E-state index contributed by atoms with van der Waals surface area (Å²) in [6, 6.07) is 11.7. The first kappa shape index (κ1) is 39.4. The molecular formula is C32H37F3N6O10S. The summed E-state index contributed by atoms with van der Waals surface area (Å²) in [6.45, 7) is 6.41. The number of alkyl halides is 3. The number of hydrogen-bond acceptors (Lipinski definition) is 12. The molecule has 0 spiro atoms.